The number of anilines is 2. The van der Waals surface area contributed by atoms with E-state index in [1.807, 2.05) is 39.0 Å². The van der Waals surface area contributed by atoms with E-state index >= 15 is 0 Å². The van der Waals surface area contributed by atoms with Crippen molar-refractivity contribution < 1.29 is 22.7 Å². The van der Waals surface area contributed by atoms with E-state index in [1.165, 1.54) is 27.0 Å². The zero-order valence-corrected chi connectivity index (χ0v) is 21.2. The topological polar surface area (TPSA) is 96.0 Å². The molecule has 0 aliphatic carbocycles. The number of sulfonamides is 1. The van der Waals surface area contributed by atoms with Gasteiger partial charge in [-0.25, -0.2) is 8.42 Å². The zero-order valence-electron chi connectivity index (χ0n) is 19.5. The van der Waals surface area contributed by atoms with E-state index in [0.717, 1.165) is 21.7 Å². The van der Waals surface area contributed by atoms with Gasteiger partial charge < -0.3 is 15.0 Å². The summed E-state index contributed by atoms with van der Waals surface area (Å²) < 4.78 is 33.1. The number of ether oxygens (including phenoxy) is 1. The van der Waals surface area contributed by atoms with Gasteiger partial charge in [0.05, 0.1) is 23.8 Å². The van der Waals surface area contributed by atoms with E-state index in [1.54, 1.807) is 12.1 Å². The number of amides is 2. The predicted molar refractivity (Wildman–Crippen MR) is 133 cm³/mol. The Morgan fingerprint density at radius 1 is 1.15 bits per heavy atom. The SMILES string of the molecule is Cc1cccc(C)c1NC(=O)CN1C(=O)[C@@H](C)CSc2ccc(S(=O)(=O)N3CCOCC3)cc21. The van der Waals surface area contributed by atoms with Gasteiger partial charge in [0.1, 0.15) is 6.54 Å². The summed E-state index contributed by atoms with van der Waals surface area (Å²) in [7, 11) is -3.74. The number of nitrogens with zero attached hydrogens (tertiary/aromatic N) is 2. The Hall–Kier alpha value is -2.40. The third-order valence-electron chi connectivity index (χ3n) is 6.05. The van der Waals surface area contributed by atoms with Gasteiger partial charge >= 0.3 is 0 Å². The second-order valence-electron chi connectivity index (χ2n) is 8.60. The van der Waals surface area contributed by atoms with Crippen LogP contribution in [0.25, 0.3) is 0 Å². The summed E-state index contributed by atoms with van der Waals surface area (Å²) in [4.78, 5) is 28.6. The van der Waals surface area contributed by atoms with Crippen LogP contribution in [-0.2, 0) is 24.3 Å². The maximum Gasteiger partial charge on any atom is 0.244 e. The third kappa shape index (κ3) is 5.00. The van der Waals surface area contributed by atoms with Crippen LogP contribution in [0.5, 0.6) is 0 Å². The van der Waals surface area contributed by atoms with Crippen LogP contribution in [0.2, 0.25) is 0 Å². The second kappa shape index (κ2) is 10.1. The minimum absolute atomic E-state index is 0.108. The molecule has 1 atom stereocenters. The number of carbonyl (C=O) groups excluding carboxylic acids is 2. The van der Waals surface area contributed by atoms with Crippen molar-refractivity contribution >= 4 is 45.0 Å². The number of hydrogen-bond donors (Lipinski definition) is 1. The molecule has 1 saturated heterocycles. The summed E-state index contributed by atoms with van der Waals surface area (Å²) in [5.41, 5.74) is 3.03. The Morgan fingerprint density at radius 3 is 2.50 bits per heavy atom. The van der Waals surface area contributed by atoms with Gasteiger partial charge in [0.15, 0.2) is 0 Å². The third-order valence-corrected chi connectivity index (χ3v) is 9.27. The number of benzene rings is 2. The molecule has 1 N–H and O–H groups in total. The molecular weight excluding hydrogens is 474 g/mol. The summed E-state index contributed by atoms with van der Waals surface area (Å²) in [5.74, 6) is -0.304. The lowest BCUT2D eigenvalue weighted by Gasteiger charge is -2.28. The normalized spacial score (nSPS) is 19.4. The Bertz CT molecular complexity index is 1190. The fourth-order valence-corrected chi connectivity index (χ4v) is 6.58. The summed E-state index contributed by atoms with van der Waals surface area (Å²) in [6.07, 6.45) is 0. The van der Waals surface area contributed by atoms with Gasteiger partial charge in [-0.15, -0.1) is 11.8 Å². The van der Waals surface area contributed by atoms with Gasteiger partial charge in [-0.3, -0.25) is 9.59 Å². The first-order chi connectivity index (χ1) is 16.2. The molecule has 0 spiro atoms. The van der Waals surface area contributed by atoms with Crippen LogP contribution in [0.15, 0.2) is 46.2 Å². The minimum Gasteiger partial charge on any atom is -0.379 e. The average Bonchev–Trinajstić information content (AvgIpc) is 2.94. The highest BCUT2D eigenvalue weighted by molar-refractivity contribution is 7.99. The van der Waals surface area contributed by atoms with Crippen LogP contribution in [-0.4, -0.2) is 63.1 Å². The first kappa shape index (κ1) is 24.7. The number of morpholine rings is 1. The Labute approximate surface area is 204 Å². The first-order valence-corrected chi connectivity index (χ1v) is 13.6. The minimum atomic E-state index is -3.74. The van der Waals surface area contributed by atoms with Crippen molar-refractivity contribution in [2.75, 3.05) is 48.8 Å². The maximum absolute atomic E-state index is 13.2. The molecule has 1 fully saturated rings. The number of rotatable bonds is 5. The molecule has 2 amide bonds. The van der Waals surface area contributed by atoms with Crippen LogP contribution < -0.4 is 10.2 Å². The smallest absolute Gasteiger partial charge is 0.244 e. The quantitative estimate of drug-likeness (QED) is 0.674. The summed E-state index contributed by atoms with van der Waals surface area (Å²) in [5, 5.41) is 2.93. The predicted octanol–water partition coefficient (Wildman–Crippen LogP) is 3.04. The molecule has 2 heterocycles. The first-order valence-electron chi connectivity index (χ1n) is 11.2. The standard InChI is InChI=1S/C24H29N3O5S2/c1-16-5-4-6-17(2)23(16)25-22(28)14-27-20-13-19(34(30,31)26-9-11-32-12-10-26)7-8-21(20)33-15-18(3)24(27)29/h4-8,13,18H,9-12,14-15H2,1-3H3,(H,25,28)/t18-/m0/s1. The molecule has 8 nitrogen and oxygen atoms in total. The van der Waals surface area contributed by atoms with Crippen LogP contribution in [0.4, 0.5) is 11.4 Å². The number of nitrogens with one attached hydrogen (secondary N) is 1. The zero-order chi connectivity index (χ0) is 24.5. The Kier molecular flexibility index (Phi) is 7.32. The molecular formula is C24H29N3O5S2. The van der Waals surface area contributed by atoms with E-state index in [0.29, 0.717) is 24.7 Å². The molecule has 0 unspecified atom stereocenters. The summed E-state index contributed by atoms with van der Waals surface area (Å²) >= 11 is 1.49. The Balaban J connectivity index is 1.66. The average molecular weight is 504 g/mol. The fraction of sp³-hybridized carbons (Fsp3) is 0.417. The number of fused-ring (bicyclic) bond motifs is 1. The van der Waals surface area contributed by atoms with Gasteiger partial charge in [-0.05, 0) is 43.2 Å². The van der Waals surface area contributed by atoms with Crippen molar-refractivity contribution in [3.05, 3.63) is 47.5 Å². The van der Waals surface area contributed by atoms with Crippen LogP contribution in [0.1, 0.15) is 18.1 Å². The van der Waals surface area contributed by atoms with Crippen LogP contribution >= 0.6 is 11.8 Å². The molecule has 4 rings (SSSR count). The molecule has 182 valence electrons. The highest BCUT2D eigenvalue weighted by atomic mass is 32.2. The molecule has 0 bridgehead atoms. The molecule has 0 radical (unpaired) electrons. The molecule has 0 aromatic heterocycles. The molecule has 0 saturated carbocycles. The van der Waals surface area contributed by atoms with Crippen molar-refractivity contribution in [1.29, 1.82) is 0 Å². The molecule has 2 aromatic carbocycles. The number of hydrogen-bond acceptors (Lipinski definition) is 6. The lowest BCUT2D eigenvalue weighted by molar-refractivity contribution is -0.123. The van der Waals surface area contributed by atoms with E-state index in [4.69, 9.17) is 4.74 Å². The summed E-state index contributed by atoms with van der Waals surface area (Å²) in [6, 6.07) is 10.6. The largest absolute Gasteiger partial charge is 0.379 e. The molecule has 2 aliphatic rings. The van der Waals surface area contributed by atoms with Gasteiger partial charge in [-0.1, -0.05) is 25.1 Å². The van der Waals surface area contributed by atoms with E-state index in [9.17, 15) is 18.0 Å². The monoisotopic (exact) mass is 503 g/mol. The van der Waals surface area contributed by atoms with E-state index < -0.39 is 10.0 Å². The van der Waals surface area contributed by atoms with E-state index in [-0.39, 0.29) is 42.3 Å². The highest BCUT2D eigenvalue weighted by Crippen LogP contribution is 2.38. The second-order valence-corrected chi connectivity index (χ2v) is 11.6. The van der Waals surface area contributed by atoms with Gasteiger partial charge in [0.25, 0.3) is 0 Å². The molecule has 34 heavy (non-hydrogen) atoms. The van der Waals surface area contributed by atoms with Gasteiger partial charge in [0.2, 0.25) is 21.8 Å². The van der Waals surface area contributed by atoms with Gasteiger partial charge in [0, 0.05) is 35.3 Å². The number of carbonyl (C=O) groups is 2. The van der Waals surface area contributed by atoms with Crippen molar-refractivity contribution in [3.8, 4) is 0 Å². The van der Waals surface area contributed by atoms with E-state index in [2.05, 4.69) is 5.32 Å². The van der Waals surface area contributed by atoms with Gasteiger partial charge in [-0.2, -0.15) is 4.31 Å². The lowest BCUT2D eigenvalue weighted by atomic mass is 10.1. The molecule has 10 heteroatoms. The maximum atomic E-state index is 13.2. The van der Waals surface area contributed by atoms with Crippen molar-refractivity contribution in [1.82, 2.24) is 4.31 Å². The molecule has 2 aromatic rings. The van der Waals surface area contributed by atoms with Crippen LogP contribution in [0, 0.1) is 19.8 Å². The van der Waals surface area contributed by atoms with Crippen molar-refractivity contribution in [3.63, 3.8) is 0 Å². The molecule has 2 aliphatic heterocycles. The summed E-state index contributed by atoms with van der Waals surface area (Å²) in [6.45, 7) is 6.71. The van der Waals surface area contributed by atoms with Crippen molar-refractivity contribution in [2.45, 2.75) is 30.6 Å². The Morgan fingerprint density at radius 2 is 1.82 bits per heavy atom. The fourth-order valence-electron chi connectivity index (χ4n) is 4.09. The number of para-hydroxylation sites is 1. The van der Waals surface area contributed by atoms with Crippen molar-refractivity contribution in [2.24, 2.45) is 5.92 Å². The lowest BCUT2D eigenvalue weighted by Crippen LogP contribution is -2.42. The van der Waals surface area contributed by atoms with Crippen LogP contribution in [0.3, 0.4) is 0 Å². The number of thioether (sulfide) groups is 1. The highest BCUT2D eigenvalue weighted by Gasteiger charge is 2.33. The number of aryl methyl sites for hydroxylation is 2.